The third-order valence-electron chi connectivity index (χ3n) is 2.28. The van der Waals surface area contributed by atoms with Crippen LogP contribution >= 0.6 is 22.9 Å². The van der Waals surface area contributed by atoms with Crippen LogP contribution < -0.4 is 10.0 Å². The summed E-state index contributed by atoms with van der Waals surface area (Å²) >= 11 is 7.44. The lowest BCUT2D eigenvalue weighted by Gasteiger charge is -2.07. The molecule has 0 spiro atoms. The van der Waals surface area contributed by atoms with Gasteiger partial charge in [-0.05, 0) is 30.3 Å². The molecule has 19 heavy (non-hydrogen) atoms. The van der Waals surface area contributed by atoms with Crippen LogP contribution in [0.15, 0.2) is 35.7 Å². The Labute approximate surface area is 121 Å². The maximum atomic E-state index is 11.1. The Morgan fingerprint density at radius 3 is 2.37 bits per heavy atom. The highest BCUT2D eigenvalue weighted by molar-refractivity contribution is 7.92. The number of sulfonamides is 1. The van der Waals surface area contributed by atoms with Crippen LogP contribution in [0.2, 0.25) is 5.02 Å². The first-order chi connectivity index (χ1) is 8.92. The molecule has 1 aromatic heterocycles. The van der Waals surface area contributed by atoms with E-state index < -0.39 is 10.0 Å². The van der Waals surface area contributed by atoms with Crippen molar-refractivity contribution >= 4 is 44.3 Å². The summed E-state index contributed by atoms with van der Waals surface area (Å²) in [4.78, 5) is 1.14. The zero-order valence-corrected chi connectivity index (χ0v) is 12.6. The molecule has 0 saturated heterocycles. The molecule has 0 radical (unpaired) electrons. The summed E-state index contributed by atoms with van der Waals surface area (Å²) in [7, 11) is -3.23. The van der Waals surface area contributed by atoms with E-state index >= 15 is 0 Å². The third-order valence-corrected chi connectivity index (χ3v) is 4.17. The fourth-order valence-corrected chi connectivity index (χ4v) is 3.08. The Morgan fingerprint density at radius 1 is 1.21 bits per heavy atom. The van der Waals surface area contributed by atoms with E-state index in [9.17, 15) is 8.42 Å². The normalized spacial score (nSPS) is 11.3. The van der Waals surface area contributed by atoms with Crippen LogP contribution in [-0.4, -0.2) is 14.7 Å². The SMILES string of the molecule is CS(=O)(=O)Nc1ccc(NCc2cc(Cl)cs2)cc1. The zero-order chi connectivity index (χ0) is 13.9. The van der Waals surface area contributed by atoms with Crippen molar-refractivity contribution in [2.75, 3.05) is 16.3 Å². The van der Waals surface area contributed by atoms with Crippen molar-refractivity contribution in [1.82, 2.24) is 0 Å². The first-order valence-corrected chi connectivity index (χ1v) is 8.62. The van der Waals surface area contributed by atoms with Gasteiger partial charge >= 0.3 is 0 Å². The number of anilines is 2. The Kier molecular flexibility index (Phi) is 4.34. The highest BCUT2D eigenvalue weighted by Crippen LogP contribution is 2.21. The highest BCUT2D eigenvalue weighted by atomic mass is 35.5. The van der Waals surface area contributed by atoms with Gasteiger partial charge in [0.25, 0.3) is 0 Å². The molecule has 0 fully saturated rings. The molecule has 2 rings (SSSR count). The van der Waals surface area contributed by atoms with Crippen molar-refractivity contribution in [1.29, 1.82) is 0 Å². The highest BCUT2D eigenvalue weighted by Gasteiger charge is 2.02. The van der Waals surface area contributed by atoms with E-state index in [-0.39, 0.29) is 0 Å². The second-order valence-electron chi connectivity index (χ2n) is 4.04. The van der Waals surface area contributed by atoms with Gasteiger partial charge in [-0.3, -0.25) is 4.72 Å². The van der Waals surface area contributed by atoms with Gasteiger partial charge in [-0.2, -0.15) is 0 Å². The predicted octanol–water partition coefficient (Wildman–Crippen LogP) is 3.39. The van der Waals surface area contributed by atoms with Gasteiger partial charge in [0.1, 0.15) is 0 Å². The number of hydrogen-bond donors (Lipinski definition) is 2. The number of benzene rings is 1. The molecule has 102 valence electrons. The zero-order valence-electron chi connectivity index (χ0n) is 10.2. The summed E-state index contributed by atoms with van der Waals surface area (Å²) in [6.45, 7) is 0.691. The molecule has 0 atom stereocenters. The van der Waals surface area contributed by atoms with Gasteiger partial charge in [-0.25, -0.2) is 8.42 Å². The molecule has 1 heterocycles. The van der Waals surface area contributed by atoms with Crippen LogP contribution in [-0.2, 0) is 16.6 Å². The lowest BCUT2D eigenvalue weighted by molar-refractivity contribution is 0.607. The van der Waals surface area contributed by atoms with Crippen molar-refractivity contribution in [3.05, 3.63) is 45.6 Å². The fraction of sp³-hybridized carbons (Fsp3) is 0.167. The van der Waals surface area contributed by atoms with Gasteiger partial charge in [-0.15, -0.1) is 11.3 Å². The molecule has 0 amide bonds. The van der Waals surface area contributed by atoms with E-state index in [2.05, 4.69) is 10.0 Å². The Bertz CT molecular complexity index is 651. The maximum absolute atomic E-state index is 11.1. The summed E-state index contributed by atoms with van der Waals surface area (Å²) in [5.41, 5.74) is 1.47. The maximum Gasteiger partial charge on any atom is 0.229 e. The Morgan fingerprint density at radius 2 is 1.84 bits per heavy atom. The minimum atomic E-state index is -3.23. The Balaban J connectivity index is 1.95. The van der Waals surface area contributed by atoms with Crippen molar-refractivity contribution in [2.45, 2.75) is 6.54 Å². The molecule has 0 unspecified atom stereocenters. The molecule has 1 aromatic carbocycles. The van der Waals surface area contributed by atoms with Crippen LogP contribution in [0.4, 0.5) is 11.4 Å². The monoisotopic (exact) mass is 316 g/mol. The average molecular weight is 317 g/mol. The smallest absolute Gasteiger partial charge is 0.229 e. The van der Waals surface area contributed by atoms with Crippen LogP contribution in [0.25, 0.3) is 0 Å². The van der Waals surface area contributed by atoms with Crippen molar-refractivity contribution in [3.8, 4) is 0 Å². The molecule has 0 aliphatic rings. The quantitative estimate of drug-likeness (QED) is 0.889. The molecule has 2 aromatic rings. The van der Waals surface area contributed by atoms with E-state index in [0.717, 1.165) is 21.8 Å². The van der Waals surface area contributed by atoms with Crippen molar-refractivity contribution < 1.29 is 8.42 Å². The van der Waals surface area contributed by atoms with Crippen LogP contribution in [0.3, 0.4) is 0 Å². The first kappa shape index (κ1) is 14.2. The van der Waals surface area contributed by atoms with E-state index in [1.54, 1.807) is 23.5 Å². The molecule has 0 bridgehead atoms. The number of thiophene rings is 1. The van der Waals surface area contributed by atoms with Crippen molar-refractivity contribution in [3.63, 3.8) is 0 Å². The summed E-state index contributed by atoms with van der Waals surface area (Å²) < 4.78 is 24.5. The average Bonchev–Trinajstić information content (AvgIpc) is 2.72. The van der Waals surface area contributed by atoms with E-state index in [4.69, 9.17) is 11.6 Å². The summed E-state index contributed by atoms with van der Waals surface area (Å²) in [5.74, 6) is 0. The largest absolute Gasteiger partial charge is 0.380 e. The molecule has 0 aliphatic heterocycles. The van der Waals surface area contributed by atoms with Gasteiger partial charge in [0.05, 0.1) is 11.3 Å². The second-order valence-corrected chi connectivity index (χ2v) is 7.22. The van der Waals surface area contributed by atoms with Crippen molar-refractivity contribution in [2.24, 2.45) is 0 Å². The van der Waals surface area contributed by atoms with E-state index in [1.807, 2.05) is 23.6 Å². The number of rotatable bonds is 5. The lowest BCUT2D eigenvalue weighted by atomic mass is 10.3. The molecule has 7 heteroatoms. The summed E-state index contributed by atoms with van der Waals surface area (Å²) in [6.07, 6.45) is 1.12. The van der Waals surface area contributed by atoms with Gasteiger partial charge in [0.15, 0.2) is 0 Å². The summed E-state index contributed by atoms with van der Waals surface area (Å²) in [6, 6.07) is 8.99. The lowest BCUT2D eigenvalue weighted by Crippen LogP contribution is -2.09. The van der Waals surface area contributed by atoms with Crippen LogP contribution in [0, 0.1) is 0 Å². The number of halogens is 1. The standard InChI is InChI=1S/C12H13ClN2O2S2/c1-19(16,17)15-11-4-2-10(3-5-11)14-7-12-6-9(13)8-18-12/h2-6,8,14-15H,7H2,1H3. The van der Waals surface area contributed by atoms with Crippen LogP contribution in [0.1, 0.15) is 4.88 Å². The predicted molar refractivity (Wildman–Crippen MR) is 81.6 cm³/mol. The van der Waals surface area contributed by atoms with Gasteiger partial charge in [0, 0.05) is 28.2 Å². The first-order valence-electron chi connectivity index (χ1n) is 5.47. The molecule has 2 N–H and O–H groups in total. The minimum Gasteiger partial charge on any atom is -0.380 e. The molecule has 0 saturated carbocycles. The number of nitrogens with one attached hydrogen (secondary N) is 2. The van der Waals surface area contributed by atoms with Gasteiger partial charge < -0.3 is 5.32 Å². The van der Waals surface area contributed by atoms with E-state index in [1.165, 1.54) is 0 Å². The topological polar surface area (TPSA) is 58.2 Å². The Hall–Kier alpha value is -1.24. The van der Waals surface area contributed by atoms with E-state index in [0.29, 0.717) is 12.2 Å². The third kappa shape index (κ3) is 4.74. The fourth-order valence-electron chi connectivity index (χ4n) is 1.51. The van der Waals surface area contributed by atoms with Crippen LogP contribution in [0.5, 0.6) is 0 Å². The van der Waals surface area contributed by atoms with Gasteiger partial charge in [0.2, 0.25) is 10.0 Å². The number of hydrogen-bond acceptors (Lipinski definition) is 4. The molecule has 0 aliphatic carbocycles. The minimum absolute atomic E-state index is 0.548. The molecule has 4 nitrogen and oxygen atoms in total. The second kappa shape index (κ2) is 5.81. The molecular weight excluding hydrogens is 304 g/mol. The molecular formula is C12H13ClN2O2S2. The van der Waals surface area contributed by atoms with Gasteiger partial charge in [-0.1, -0.05) is 11.6 Å². The summed E-state index contributed by atoms with van der Waals surface area (Å²) in [5, 5.41) is 5.87.